The van der Waals surface area contributed by atoms with Gasteiger partial charge in [-0.3, -0.25) is 14.9 Å². The van der Waals surface area contributed by atoms with Gasteiger partial charge >= 0.3 is 0 Å². The third-order valence-corrected chi connectivity index (χ3v) is 2.87. The number of carbonyl (C=O) groups excluding carboxylic acids is 1. The summed E-state index contributed by atoms with van der Waals surface area (Å²) >= 11 is 0. The number of phenolic OH excluding ortho intramolecular Hbond substituents is 3. The quantitative estimate of drug-likeness (QED) is 0.291. The van der Waals surface area contributed by atoms with Crippen LogP contribution in [0.1, 0.15) is 15.9 Å². The van der Waals surface area contributed by atoms with Crippen LogP contribution in [-0.2, 0) is 0 Å². The highest BCUT2D eigenvalue weighted by Crippen LogP contribution is 2.36. The van der Waals surface area contributed by atoms with Crippen LogP contribution in [0.15, 0.2) is 41.5 Å². The average molecular weight is 317 g/mol. The monoisotopic (exact) mass is 317 g/mol. The van der Waals surface area contributed by atoms with Crippen molar-refractivity contribution >= 4 is 17.8 Å². The van der Waals surface area contributed by atoms with Gasteiger partial charge in [-0.25, -0.2) is 5.43 Å². The molecule has 1 amide bonds. The van der Waals surface area contributed by atoms with Crippen molar-refractivity contribution in [2.45, 2.75) is 0 Å². The molecule has 0 aromatic heterocycles. The van der Waals surface area contributed by atoms with Crippen molar-refractivity contribution in [3.63, 3.8) is 0 Å². The van der Waals surface area contributed by atoms with Gasteiger partial charge in [0.25, 0.3) is 11.6 Å². The Labute approximate surface area is 129 Å². The van der Waals surface area contributed by atoms with E-state index in [1.54, 1.807) is 0 Å². The lowest BCUT2D eigenvalue weighted by Crippen LogP contribution is -2.17. The van der Waals surface area contributed by atoms with E-state index in [1.165, 1.54) is 30.3 Å². The molecular formula is C14H11N3O6. The van der Waals surface area contributed by atoms with E-state index in [9.17, 15) is 30.2 Å². The summed E-state index contributed by atoms with van der Waals surface area (Å²) in [6.45, 7) is 0. The third-order valence-electron chi connectivity index (χ3n) is 2.87. The molecule has 23 heavy (non-hydrogen) atoms. The number of non-ortho nitro benzene ring substituents is 1. The van der Waals surface area contributed by atoms with Crippen molar-refractivity contribution in [2.24, 2.45) is 5.10 Å². The fourth-order valence-corrected chi connectivity index (χ4v) is 1.65. The number of nitro benzene ring substituents is 1. The molecule has 9 nitrogen and oxygen atoms in total. The maximum atomic E-state index is 11.8. The second kappa shape index (κ2) is 6.43. The van der Waals surface area contributed by atoms with Crippen LogP contribution in [0.2, 0.25) is 0 Å². The Morgan fingerprint density at radius 2 is 1.74 bits per heavy atom. The molecular weight excluding hydrogens is 306 g/mol. The zero-order valence-electron chi connectivity index (χ0n) is 11.5. The van der Waals surface area contributed by atoms with E-state index < -0.39 is 28.1 Å². The fourth-order valence-electron chi connectivity index (χ4n) is 1.65. The number of phenols is 3. The number of nitrogens with zero attached hydrogens (tertiary/aromatic N) is 2. The normalized spacial score (nSPS) is 10.6. The number of hydrazone groups is 1. The van der Waals surface area contributed by atoms with E-state index in [0.29, 0.717) is 0 Å². The smallest absolute Gasteiger partial charge is 0.271 e. The van der Waals surface area contributed by atoms with Crippen molar-refractivity contribution in [2.75, 3.05) is 0 Å². The molecule has 118 valence electrons. The number of rotatable bonds is 4. The van der Waals surface area contributed by atoms with Gasteiger partial charge in [-0.1, -0.05) is 0 Å². The molecule has 0 bridgehead atoms. The van der Waals surface area contributed by atoms with Gasteiger partial charge in [0.2, 0.25) is 5.75 Å². The predicted octanol–water partition coefficient (Wildman–Crippen LogP) is 1.48. The number of hydrogen-bond acceptors (Lipinski definition) is 7. The van der Waals surface area contributed by atoms with Gasteiger partial charge in [-0.2, -0.15) is 5.10 Å². The van der Waals surface area contributed by atoms with Gasteiger partial charge in [-0.05, 0) is 24.3 Å². The molecule has 0 fully saturated rings. The van der Waals surface area contributed by atoms with Crippen molar-refractivity contribution in [1.29, 1.82) is 0 Å². The number of amides is 1. The van der Waals surface area contributed by atoms with Crippen LogP contribution in [0.5, 0.6) is 17.2 Å². The van der Waals surface area contributed by atoms with E-state index in [1.807, 2.05) is 0 Å². The standard InChI is InChI=1S/C14H11N3O6/c18-11-6-3-9(12(19)13(11)20)7-15-16-14(21)8-1-4-10(5-2-8)17(22)23/h1-7,18-20H,(H,16,21)/b15-7+. The molecule has 0 saturated carbocycles. The summed E-state index contributed by atoms with van der Waals surface area (Å²) in [5.74, 6) is -2.39. The highest BCUT2D eigenvalue weighted by Gasteiger charge is 2.10. The second-order valence-electron chi connectivity index (χ2n) is 4.37. The molecule has 0 radical (unpaired) electrons. The lowest BCUT2D eigenvalue weighted by Gasteiger charge is -2.03. The van der Waals surface area contributed by atoms with Crippen LogP contribution >= 0.6 is 0 Å². The first-order valence-corrected chi connectivity index (χ1v) is 6.22. The molecule has 0 saturated heterocycles. The summed E-state index contributed by atoms with van der Waals surface area (Å²) in [6.07, 6.45) is 1.07. The Morgan fingerprint density at radius 1 is 1.09 bits per heavy atom. The molecule has 0 unspecified atom stereocenters. The molecule has 4 N–H and O–H groups in total. The van der Waals surface area contributed by atoms with Gasteiger partial charge in [0, 0.05) is 23.3 Å². The number of nitrogens with one attached hydrogen (secondary N) is 1. The summed E-state index contributed by atoms with van der Waals surface area (Å²) in [6, 6.07) is 7.34. The van der Waals surface area contributed by atoms with Crippen LogP contribution in [0.3, 0.4) is 0 Å². The molecule has 9 heteroatoms. The third kappa shape index (κ3) is 3.53. The fraction of sp³-hybridized carbons (Fsp3) is 0. The van der Waals surface area contributed by atoms with Gasteiger partial charge in [0.1, 0.15) is 0 Å². The molecule has 0 spiro atoms. The Bertz CT molecular complexity index is 786. The first-order chi connectivity index (χ1) is 10.9. The summed E-state index contributed by atoms with van der Waals surface area (Å²) in [5.41, 5.74) is 2.25. The zero-order chi connectivity index (χ0) is 17.0. The van der Waals surface area contributed by atoms with Crippen molar-refractivity contribution in [3.05, 3.63) is 57.6 Å². The number of hydrogen-bond donors (Lipinski definition) is 4. The summed E-state index contributed by atoms with van der Waals surface area (Å²) in [4.78, 5) is 21.7. The first-order valence-electron chi connectivity index (χ1n) is 6.22. The second-order valence-corrected chi connectivity index (χ2v) is 4.37. The Hall–Kier alpha value is -3.62. The maximum absolute atomic E-state index is 11.8. The largest absolute Gasteiger partial charge is 0.504 e. The lowest BCUT2D eigenvalue weighted by atomic mass is 10.2. The van der Waals surface area contributed by atoms with Gasteiger partial charge in [-0.15, -0.1) is 0 Å². The van der Waals surface area contributed by atoms with Crippen molar-refractivity contribution < 1.29 is 25.0 Å². The Balaban J connectivity index is 2.07. The van der Waals surface area contributed by atoms with Crippen LogP contribution in [0.25, 0.3) is 0 Å². The average Bonchev–Trinajstić information content (AvgIpc) is 2.54. The van der Waals surface area contributed by atoms with Gasteiger partial charge < -0.3 is 15.3 Å². The molecule has 2 aromatic rings. The molecule has 0 aliphatic heterocycles. The zero-order valence-corrected chi connectivity index (χ0v) is 11.5. The minimum atomic E-state index is -0.698. The summed E-state index contributed by atoms with van der Waals surface area (Å²) in [5, 5.41) is 42.2. The SMILES string of the molecule is O=C(N/N=C/c1ccc(O)c(O)c1O)c1ccc([N+](=O)[O-])cc1. The number of aromatic hydroxyl groups is 3. The van der Waals surface area contributed by atoms with E-state index >= 15 is 0 Å². The van der Waals surface area contributed by atoms with Gasteiger partial charge in [0.15, 0.2) is 11.5 Å². The molecule has 0 heterocycles. The molecule has 0 aliphatic carbocycles. The van der Waals surface area contributed by atoms with Gasteiger partial charge in [0.05, 0.1) is 11.1 Å². The number of carbonyl (C=O) groups is 1. The van der Waals surface area contributed by atoms with E-state index in [4.69, 9.17) is 0 Å². The van der Waals surface area contributed by atoms with Crippen LogP contribution in [-0.4, -0.2) is 32.4 Å². The topological polar surface area (TPSA) is 145 Å². The van der Waals surface area contributed by atoms with Crippen LogP contribution < -0.4 is 5.43 Å². The minimum Gasteiger partial charge on any atom is -0.504 e. The molecule has 2 rings (SSSR count). The first kappa shape index (κ1) is 15.8. The molecule has 0 atom stereocenters. The van der Waals surface area contributed by atoms with E-state index in [-0.39, 0.29) is 16.8 Å². The number of nitro groups is 1. The highest BCUT2D eigenvalue weighted by atomic mass is 16.6. The number of benzene rings is 2. The highest BCUT2D eigenvalue weighted by molar-refractivity contribution is 5.95. The van der Waals surface area contributed by atoms with Crippen molar-refractivity contribution in [3.8, 4) is 17.2 Å². The van der Waals surface area contributed by atoms with Crippen molar-refractivity contribution in [1.82, 2.24) is 5.43 Å². The summed E-state index contributed by atoms with van der Waals surface area (Å²) < 4.78 is 0. The Morgan fingerprint density at radius 3 is 2.35 bits per heavy atom. The van der Waals surface area contributed by atoms with E-state index in [0.717, 1.165) is 12.3 Å². The van der Waals surface area contributed by atoms with Crippen LogP contribution in [0, 0.1) is 10.1 Å². The predicted molar refractivity (Wildman–Crippen MR) is 79.6 cm³/mol. The Kier molecular flexibility index (Phi) is 4.41. The minimum absolute atomic E-state index is 0.0734. The summed E-state index contributed by atoms with van der Waals surface area (Å²) in [7, 11) is 0. The van der Waals surface area contributed by atoms with E-state index in [2.05, 4.69) is 10.5 Å². The van der Waals surface area contributed by atoms with Crippen LogP contribution in [0.4, 0.5) is 5.69 Å². The maximum Gasteiger partial charge on any atom is 0.271 e. The molecule has 0 aliphatic rings. The lowest BCUT2D eigenvalue weighted by molar-refractivity contribution is -0.384. The molecule has 2 aromatic carbocycles.